The zero-order chi connectivity index (χ0) is 28.3. The van der Waals surface area contributed by atoms with Crippen molar-refractivity contribution in [2.75, 3.05) is 29.0 Å². The number of halogens is 4. The highest BCUT2D eigenvalue weighted by atomic mass is 35.5. The van der Waals surface area contributed by atoms with Gasteiger partial charge in [-0.2, -0.15) is 9.97 Å². The Morgan fingerprint density at radius 1 is 0.930 bits per heavy atom. The molecule has 15 heteroatoms. The minimum absolute atomic E-state index is 0. The average Bonchev–Trinajstić information content (AvgIpc) is 3.63. The highest BCUT2D eigenvalue weighted by Crippen LogP contribution is 2.34. The molecule has 1 aliphatic heterocycles. The maximum Gasteiger partial charge on any atom is 0.430 e. The Hall–Kier alpha value is -2.28. The van der Waals surface area contributed by atoms with E-state index in [-0.39, 0.29) is 36.9 Å². The molecule has 0 unspecified atom stereocenters. The summed E-state index contributed by atoms with van der Waals surface area (Å²) in [5, 5.41) is 12.4. The van der Waals surface area contributed by atoms with Crippen LogP contribution in [-0.2, 0) is 4.84 Å². The van der Waals surface area contributed by atoms with Gasteiger partial charge in [0.15, 0.2) is 17.0 Å². The van der Waals surface area contributed by atoms with E-state index in [1.807, 2.05) is 6.33 Å². The van der Waals surface area contributed by atoms with E-state index in [1.165, 1.54) is 12.8 Å². The first-order valence-corrected chi connectivity index (χ1v) is 15.4. The highest BCUT2D eigenvalue weighted by Gasteiger charge is 2.27. The number of nitrogens with two attached hydrogens (primary N) is 1. The third-order valence-electron chi connectivity index (χ3n) is 8.42. The first kappa shape index (κ1) is 33.6. The van der Waals surface area contributed by atoms with Crippen LogP contribution in [0.15, 0.2) is 24.5 Å². The van der Waals surface area contributed by atoms with Gasteiger partial charge in [0.05, 0.1) is 17.0 Å². The summed E-state index contributed by atoms with van der Waals surface area (Å²) < 4.78 is 2.24. The molecule has 2 aliphatic carbocycles. The Morgan fingerprint density at radius 2 is 1.63 bits per heavy atom. The van der Waals surface area contributed by atoms with Crippen LogP contribution in [0.25, 0.3) is 11.2 Å². The van der Waals surface area contributed by atoms with E-state index in [9.17, 15) is 4.79 Å². The van der Waals surface area contributed by atoms with Crippen LogP contribution in [0.1, 0.15) is 70.3 Å². The number of nitrogens with one attached hydrogen (secondary N) is 3. The van der Waals surface area contributed by atoms with Gasteiger partial charge in [-0.1, -0.05) is 36.0 Å². The summed E-state index contributed by atoms with van der Waals surface area (Å²) in [6.45, 7) is 1.16. The molecule has 1 amide bonds. The van der Waals surface area contributed by atoms with E-state index < -0.39 is 6.09 Å². The zero-order valence-corrected chi connectivity index (χ0v) is 27.0. The largest absolute Gasteiger partial charge is 0.430 e. The Kier molecular flexibility index (Phi) is 11.8. The first-order valence-electron chi connectivity index (χ1n) is 14.6. The van der Waals surface area contributed by atoms with Gasteiger partial charge in [0.25, 0.3) is 0 Å². The summed E-state index contributed by atoms with van der Waals surface area (Å²) >= 11 is 12.1. The van der Waals surface area contributed by atoms with Gasteiger partial charge >= 0.3 is 6.09 Å². The second kappa shape index (κ2) is 15.1. The first-order chi connectivity index (χ1) is 19.9. The lowest BCUT2D eigenvalue weighted by molar-refractivity contribution is -0.106. The predicted molar refractivity (Wildman–Crippen MR) is 176 cm³/mol. The van der Waals surface area contributed by atoms with Crippen LogP contribution < -0.4 is 21.7 Å². The third kappa shape index (κ3) is 8.26. The smallest absolute Gasteiger partial charge is 0.365 e. The minimum Gasteiger partial charge on any atom is -0.365 e. The minimum atomic E-state index is -0.588. The van der Waals surface area contributed by atoms with Gasteiger partial charge in [-0.25, -0.2) is 9.78 Å². The number of hydrogen-bond acceptors (Lipinski definition) is 9. The second-order valence-electron chi connectivity index (χ2n) is 11.4. The molecule has 0 radical (unpaired) electrons. The van der Waals surface area contributed by atoms with E-state index in [4.69, 9.17) is 48.7 Å². The normalized spacial score (nSPS) is 21.6. The van der Waals surface area contributed by atoms with Crippen LogP contribution in [0.5, 0.6) is 0 Å². The molecule has 43 heavy (non-hydrogen) atoms. The van der Waals surface area contributed by atoms with Crippen LogP contribution >= 0.6 is 48.0 Å². The molecule has 11 nitrogen and oxygen atoms in total. The fraction of sp³-hybridized carbons (Fsp3) is 0.571. The number of fused-ring (bicyclic) bond motifs is 1. The van der Waals surface area contributed by atoms with Crippen LogP contribution in [0.3, 0.4) is 0 Å². The van der Waals surface area contributed by atoms with Crippen molar-refractivity contribution in [1.82, 2.24) is 24.6 Å². The Balaban J connectivity index is 0.00000212. The molecule has 0 bridgehead atoms. The van der Waals surface area contributed by atoms with E-state index in [1.54, 1.807) is 23.3 Å². The lowest BCUT2D eigenvalue weighted by atomic mass is 9.92. The summed E-state index contributed by atoms with van der Waals surface area (Å²) in [6, 6.07) is 6.06. The number of piperidine rings is 1. The summed E-state index contributed by atoms with van der Waals surface area (Å²) in [4.78, 5) is 32.6. The van der Waals surface area contributed by atoms with Gasteiger partial charge in [-0.05, 0) is 69.6 Å². The number of carbonyl (C=O) groups is 1. The average molecular weight is 675 g/mol. The van der Waals surface area contributed by atoms with Gasteiger partial charge in [0, 0.05) is 42.3 Å². The van der Waals surface area contributed by atoms with E-state index >= 15 is 0 Å². The van der Waals surface area contributed by atoms with Crippen molar-refractivity contribution in [2.45, 2.75) is 88.4 Å². The molecule has 2 saturated carbocycles. The van der Waals surface area contributed by atoms with Crippen molar-refractivity contribution in [1.29, 1.82) is 0 Å². The summed E-state index contributed by atoms with van der Waals surface area (Å²) in [5.74, 6) is 1.38. The van der Waals surface area contributed by atoms with Gasteiger partial charge < -0.3 is 25.8 Å². The van der Waals surface area contributed by atoms with Crippen LogP contribution in [0.4, 0.5) is 22.2 Å². The molecular formula is C28H39Cl4N9O2. The maximum absolute atomic E-state index is 12.4. The third-order valence-corrected chi connectivity index (χ3v) is 8.97. The number of carbonyl (C=O) groups excluding carboxylic acids is 1. The van der Waals surface area contributed by atoms with Gasteiger partial charge in [-0.15, -0.1) is 29.9 Å². The molecule has 236 valence electrons. The standard InChI is InChI=1S/C28H37Cl2N9O2.2ClH/c29-17-5-10-23(22(30)15-17)35-28(40)41-38-13-11-20(12-14-38)33-25-24-26(39(16-32-24)21-3-1-2-4-21)37-27(36-25)34-19-8-6-18(31)7-9-19;;/h5,10,15-16,18-21H,1-4,6-9,11-14,31H2,(H,35,40)(H2,33,34,36,37);2*1H. The monoisotopic (exact) mass is 673 g/mol. The second-order valence-corrected chi connectivity index (χ2v) is 12.2. The van der Waals surface area contributed by atoms with Crippen molar-refractivity contribution in [2.24, 2.45) is 5.73 Å². The number of imidazole rings is 1. The van der Waals surface area contributed by atoms with E-state index in [2.05, 4.69) is 20.5 Å². The molecule has 3 aliphatic rings. The van der Waals surface area contributed by atoms with Crippen molar-refractivity contribution in [3.63, 3.8) is 0 Å². The molecule has 3 fully saturated rings. The fourth-order valence-electron chi connectivity index (χ4n) is 6.10. The van der Waals surface area contributed by atoms with Gasteiger partial charge in [0.2, 0.25) is 5.95 Å². The highest BCUT2D eigenvalue weighted by molar-refractivity contribution is 6.36. The van der Waals surface area contributed by atoms with Gasteiger partial charge in [0.1, 0.15) is 0 Å². The van der Waals surface area contributed by atoms with Crippen molar-refractivity contribution in [3.05, 3.63) is 34.6 Å². The SMILES string of the molecule is Cl.Cl.NC1CCC(Nc2nc(NC3CCN(OC(=O)Nc4ccc(Cl)cc4Cl)CC3)c3ncn(C4CCCC4)c3n2)CC1. The Bertz CT molecular complexity index is 1370. The molecule has 1 aromatic carbocycles. The van der Waals surface area contributed by atoms with E-state index in [0.29, 0.717) is 46.9 Å². The lowest BCUT2D eigenvalue weighted by Crippen LogP contribution is -2.41. The Morgan fingerprint density at radius 3 is 2.33 bits per heavy atom. The molecule has 3 aromatic rings. The van der Waals surface area contributed by atoms with Crippen molar-refractivity contribution in [3.8, 4) is 0 Å². The lowest BCUT2D eigenvalue weighted by Gasteiger charge is -2.31. The number of benzene rings is 1. The maximum atomic E-state index is 12.4. The molecule has 5 N–H and O–H groups in total. The van der Waals surface area contributed by atoms with Crippen molar-refractivity contribution >= 4 is 82.7 Å². The quantitative estimate of drug-likeness (QED) is 0.213. The fourth-order valence-corrected chi connectivity index (χ4v) is 6.56. The van der Waals surface area contributed by atoms with E-state index in [0.717, 1.165) is 68.3 Å². The summed E-state index contributed by atoms with van der Waals surface area (Å²) in [6.07, 6.45) is 11.7. The number of nitrogens with zero attached hydrogens (tertiary/aromatic N) is 5. The zero-order valence-electron chi connectivity index (χ0n) is 23.8. The number of hydroxylamine groups is 2. The molecule has 6 rings (SSSR count). The number of amides is 1. The molecule has 0 atom stereocenters. The van der Waals surface area contributed by atoms with Gasteiger partial charge in [-0.3, -0.25) is 5.32 Å². The van der Waals surface area contributed by atoms with Crippen LogP contribution in [0, 0.1) is 0 Å². The van der Waals surface area contributed by atoms with Crippen LogP contribution in [-0.4, -0.2) is 61.9 Å². The number of aromatic nitrogens is 4. The molecule has 1 saturated heterocycles. The molecule has 0 spiro atoms. The topological polar surface area (TPSA) is 135 Å². The molecule has 2 aromatic heterocycles. The molecule has 3 heterocycles. The number of rotatable bonds is 7. The Labute approximate surface area is 273 Å². The number of hydrogen-bond donors (Lipinski definition) is 4. The summed E-state index contributed by atoms with van der Waals surface area (Å²) in [5.41, 5.74) is 8.25. The van der Waals surface area contributed by atoms with Crippen LogP contribution in [0.2, 0.25) is 10.0 Å². The van der Waals surface area contributed by atoms with Crippen molar-refractivity contribution < 1.29 is 9.63 Å². The molecular weight excluding hydrogens is 636 g/mol. The summed E-state index contributed by atoms with van der Waals surface area (Å²) in [7, 11) is 0. The predicted octanol–water partition coefficient (Wildman–Crippen LogP) is 6.81. The number of anilines is 3.